The fraction of sp³-hybridized carbons (Fsp3) is 0.276. The highest BCUT2D eigenvalue weighted by Crippen LogP contribution is 2.34. The lowest BCUT2D eigenvalue weighted by molar-refractivity contribution is 0.0773. The Labute approximate surface area is 196 Å². The molecule has 0 aromatic heterocycles. The largest absolute Gasteiger partial charge is 0.457 e. The van der Waals surface area contributed by atoms with Gasteiger partial charge in [0.2, 0.25) is 0 Å². The average Bonchev–Trinajstić information content (AvgIpc) is 2.87. The molecule has 4 nitrogen and oxygen atoms in total. The molecule has 3 aromatic rings. The van der Waals surface area contributed by atoms with Crippen molar-refractivity contribution in [3.8, 4) is 11.5 Å². The summed E-state index contributed by atoms with van der Waals surface area (Å²) in [6.07, 6.45) is 2.03. The summed E-state index contributed by atoms with van der Waals surface area (Å²) in [5.74, 6) is 1.73. The summed E-state index contributed by atoms with van der Waals surface area (Å²) in [6, 6.07) is 26.3. The standard InChI is InChI=1S/C29H32N2O2/c1-3-31(4-2)29(32)24-15-13-22(14-16-24)28(23-17-19-30-20-18-23)25-9-8-12-27(21-25)33-26-10-6-5-7-11-26/h5-16,21,30H,3-4,17-20H2,1-2H3. The van der Waals surface area contributed by atoms with Crippen LogP contribution in [0.25, 0.3) is 5.57 Å². The van der Waals surface area contributed by atoms with Gasteiger partial charge in [-0.3, -0.25) is 4.79 Å². The van der Waals surface area contributed by atoms with E-state index in [1.54, 1.807) is 0 Å². The van der Waals surface area contributed by atoms with Crippen molar-refractivity contribution < 1.29 is 9.53 Å². The normalized spacial score (nSPS) is 13.5. The molecule has 1 N–H and O–H groups in total. The summed E-state index contributed by atoms with van der Waals surface area (Å²) >= 11 is 0. The van der Waals surface area contributed by atoms with Gasteiger partial charge in [-0.1, -0.05) is 48.0 Å². The van der Waals surface area contributed by atoms with Gasteiger partial charge in [-0.2, -0.15) is 0 Å². The molecule has 0 spiro atoms. The molecule has 4 heteroatoms. The number of ether oxygens (including phenoxy) is 1. The smallest absolute Gasteiger partial charge is 0.253 e. The van der Waals surface area contributed by atoms with Gasteiger partial charge in [0.15, 0.2) is 0 Å². The molecule has 4 rings (SSSR count). The molecule has 1 fully saturated rings. The summed E-state index contributed by atoms with van der Waals surface area (Å²) in [7, 11) is 0. The highest BCUT2D eigenvalue weighted by atomic mass is 16.5. The third-order valence-corrected chi connectivity index (χ3v) is 6.13. The van der Waals surface area contributed by atoms with Gasteiger partial charge in [0.25, 0.3) is 5.91 Å². The molecule has 33 heavy (non-hydrogen) atoms. The van der Waals surface area contributed by atoms with E-state index >= 15 is 0 Å². The average molecular weight is 441 g/mol. The van der Waals surface area contributed by atoms with Crippen LogP contribution in [0.2, 0.25) is 0 Å². The maximum Gasteiger partial charge on any atom is 0.253 e. The van der Waals surface area contributed by atoms with Crippen molar-refractivity contribution >= 4 is 11.5 Å². The highest BCUT2D eigenvalue weighted by Gasteiger charge is 2.17. The minimum absolute atomic E-state index is 0.0841. The van der Waals surface area contributed by atoms with E-state index in [2.05, 4.69) is 29.6 Å². The van der Waals surface area contributed by atoms with Crippen molar-refractivity contribution in [2.75, 3.05) is 26.2 Å². The van der Waals surface area contributed by atoms with Crippen LogP contribution in [0.5, 0.6) is 11.5 Å². The maximum atomic E-state index is 12.8. The second kappa shape index (κ2) is 11.0. The number of carbonyl (C=O) groups is 1. The Morgan fingerprint density at radius 3 is 2.09 bits per heavy atom. The van der Waals surface area contributed by atoms with Gasteiger partial charge in [-0.15, -0.1) is 0 Å². The fourth-order valence-corrected chi connectivity index (χ4v) is 4.37. The fourth-order valence-electron chi connectivity index (χ4n) is 4.37. The van der Waals surface area contributed by atoms with Gasteiger partial charge < -0.3 is 15.0 Å². The Morgan fingerprint density at radius 2 is 1.42 bits per heavy atom. The van der Waals surface area contributed by atoms with E-state index in [1.807, 2.05) is 73.3 Å². The number of nitrogens with zero attached hydrogens (tertiary/aromatic N) is 1. The molecule has 1 heterocycles. The molecular weight excluding hydrogens is 408 g/mol. The third-order valence-electron chi connectivity index (χ3n) is 6.13. The molecule has 0 radical (unpaired) electrons. The Kier molecular flexibility index (Phi) is 7.59. The van der Waals surface area contributed by atoms with Gasteiger partial charge in [-0.05, 0) is 92.9 Å². The lowest BCUT2D eigenvalue weighted by Gasteiger charge is -2.22. The van der Waals surface area contributed by atoms with Crippen molar-refractivity contribution in [1.82, 2.24) is 10.2 Å². The van der Waals surface area contributed by atoms with Crippen LogP contribution in [0, 0.1) is 0 Å². The second-order valence-electron chi connectivity index (χ2n) is 8.23. The number of benzene rings is 3. The van der Waals surface area contributed by atoms with E-state index in [0.717, 1.165) is 54.1 Å². The summed E-state index contributed by atoms with van der Waals surface area (Å²) in [4.78, 5) is 14.6. The Bertz CT molecular complexity index is 1090. The summed E-state index contributed by atoms with van der Waals surface area (Å²) in [6.45, 7) is 7.43. The number of amides is 1. The van der Waals surface area contributed by atoms with Crippen molar-refractivity contribution in [2.45, 2.75) is 26.7 Å². The molecular formula is C29H32N2O2. The zero-order valence-corrected chi connectivity index (χ0v) is 19.5. The number of hydrogen-bond donors (Lipinski definition) is 1. The molecule has 1 amide bonds. The van der Waals surface area contributed by atoms with E-state index in [1.165, 1.54) is 11.1 Å². The Balaban J connectivity index is 1.69. The van der Waals surface area contributed by atoms with Gasteiger partial charge in [-0.25, -0.2) is 0 Å². The summed E-state index contributed by atoms with van der Waals surface area (Å²) in [5, 5.41) is 3.46. The predicted molar refractivity (Wildman–Crippen MR) is 135 cm³/mol. The highest BCUT2D eigenvalue weighted by molar-refractivity contribution is 5.95. The Hall–Kier alpha value is -3.37. The molecule has 0 atom stereocenters. The van der Waals surface area contributed by atoms with E-state index in [9.17, 15) is 4.79 Å². The van der Waals surface area contributed by atoms with E-state index in [4.69, 9.17) is 4.74 Å². The number of piperidine rings is 1. The molecule has 0 saturated carbocycles. The predicted octanol–water partition coefficient (Wildman–Crippen LogP) is 6.15. The van der Waals surface area contributed by atoms with Crippen LogP contribution < -0.4 is 10.1 Å². The van der Waals surface area contributed by atoms with Crippen LogP contribution in [-0.2, 0) is 0 Å². The van der Waals surface area contributed by atoms with Crippen LogP contribution in [0.1, 0.15) is 48.2 Å². The van der Waals surface area contributed by atoms with Crippen LogP contribution in [0.4, 0.5) is 0 Å². The SMILES string of the molecule is CCN(CC)C(=O)c1ccc(C(=C2CCNCC2)c2cccc(Oc3ccccc3)c2)cc1. The van der Waals surface area contributed by atoms with Gasteiger partial charge in [0, 0.05) is 18.7 Å². The van der Waals surface area contributed by atoms with Gasteiger partial charge >= 0.3 is 0 Å². The van der Waals surface area contributed by atoms with Gasteiger partial charge in [0.1, 0.15) is 11.5 Å². The molecule has 170 valence electrons. The third kappa shape index (κ3) is 5.52. The number of rotatable bonds is 7. The first kappa shape index (κ1) is 22.8. The topological polar surface area (TPSA) is 41.6 Å². The molecule has 1 saturated heterocycles. The first-order chi connectivity index (χ1) is 16.2. The van der Waals surface area contributed by atoms with Crippen molar-refractivity contribution in [3.63, 3.8) is 0 Å². The molecule has 1 aliphatic rings. The number of carbonyl (C=O) groups excluding carboxylic acids is 1. The molecule has 0 aliphatic carbocycles. The van der Waals surface area contributed by atoms with Crippen molar-refractivity contribution in [2.24, 2.45) is 0 Å². The zero-order valence-electron chi connectivity index (χ0n) is 19.5. The lowest BCUT2D eigenvalue weighted by Crippen LogP contribution is -2.30. The maximum absolute atomic E-state index is 12.8. The Morgan fingerprint density at radius 1 is 0.788 bits per heavy atom. The minimum atomic E-state index is 0.0841. The van der Waals surface area contributed by atoms with Crippen LogP contribution >= 0.6 is 0 Å². The van der Waals surface area contributed by atoms with Crippen LogP contribution in [0.3, 0.4) is 0 Å². The molecule has 3 aromatic carbocycles. The minimum Gasteiger partial charge on any atom is -0.457 e. The van der Waals surface area contributed by atoms with Gasteiger partial charge in [0.05, 0.1) is 0 Å². The van der Waals surface area contributed by atoms with E-state index in [0.29, 0.717) is 13.1 Å². The summed E-state index contributed by atoms with van der Waals surface area (Å²) < 4.78 is 6.11. The van der Waals surface area contributed by atoms with Crippen molar-refractivity contribution in [3.05, 3.63) is 101 Å². The monoisotopic (exact) mass is 440 g/mol. The second-order valence-corrected chi connectivity index (χ2v) is 8.23. The van der Waals surface area contributed by atoms with Crippen molar-refractivity contribution in [1.29, 1.82) is 0 Å². The summed E-state index contributed by atoms with van der Waals surface area (Å²) in [5.41, 5.74) is 5.70. The van der Waals surface area contributed by atoms with E-state index in [-0.39, 0.29) is 5.91 Å². The first-order valence-corrected chi connectivity index (χ1v) is 11.9. The molecule has 0 bridgehead atoms. The number of hydrogen-bond acceptors (Lipinski definition) is 3. The molecule has 0 unspecified atom stereocenters. The zero-order chi connectivity index (χ0) is 23.0. The lowest BCUT2D eigenvalue weighted by atomic mass is 9.88. The van der Waals surface area contributed by atoms with E-state index < -0.39 is 0 Å². The number of para-hydroxylation sites is 1. The van der Waals surface area contributed by atoms with Crippen LogP contribution in [0.15, 0.2) is 84.4 Å². The number of nitrogens with one attached hydrogen (secondary N) is 1. The first-order valence-electron chi connectivity index (χ1n) is 11.9. The quantitative estimate of drug-likeness (QED) is 0.479. The van der Waals surface area contributed by atoms with Crippen LogP contribution in [-0.4, -0.2) is 37.0 Å². The molecule has 1 aliphatic heterocycles.